The van der Waals surface area contributed by atoms with Gasteiger partial charge in [-0.1, -0.05) is 126 Å². The number of aryl methyl sites for hydroxylation is 2. The first-order chi connectivity index (χ1) is 20.1. The second-order valence-electron chi connectivity index (χ2n) is 11.2. The SMILES string of the molecule is Cc1ccc(C2(c3ccc(C)cc3)c3ccccc3-c3c(Nc4cccc5c4oc4ccccc45)cccc32)cc1. The normalized spacial score (nSPS) is 13.3. The molecule has 2 nitrogen and oxygen atoms in total. The number of benzene rings is 6. The van der Waals surface area contributed by atoms with Gasteiger partial charge >= 0.3 is 0 Å². The van der Waals surface area contributed by atoms with Crippen LogP contribution < -0.4 is 5.32 Å². The van der Waals surface area contributed by atoms with Crippen LogP contribution in [0.3, 0.4) is 0 Å². The number of rotatable bonds is 4. The third-order valence-corrected chi connectivity index (χ3v) is 8.71. The predicted octanol–water partition coefficient (Wildman–Crippen LogP) is 10.3. The van der Waals surface area contributed by atoms with Crippen LogP contribution in [0.1, 0.15) is 33.4 Å². The van der Waals surface area contributed by atoms with Gasteiger partial charge in [-0.05, 0) is 59.9 Å². The van der Waals surface area contributed by atoms with Crippen molar-refractivity contribution in [3.05, 3.63) is 167 Å². The first-order valence-corrected chi connectivity index (χ1v) is 14.2. The molecule has 0 bridgehead atoms. The van der Waals surface area contributed by atoms with Crippen molar-refractivity contribution in [2.45, 2.75) is 19.3 Å². The molecule has 1 aliphatic carbocycles. The number of hydrogen-bond acceptors (Lipinski definition) is 2. The van der Waals surface area contributed by atoms with E-state index in [4.69, 9.17) is 4.42 Å². The average Bonchev–Trinajstić information content (AvgIpc) is 3.54. The minimum atomic E-state index is -0.434. The Morgan fingerprint density at radius 1 is 0.512 bits per heavy atom. The minimum Gasteiger partial charge on any atom is -0.454 e. The highest BCUT2D eigenvalue weighted by molar-refractivity contribution is 6.09. The Kier molecular flexibility index (Phi) is 5.20. The molecule has 0 unspecified atom stereocenters. The summed E-state index contributed by atoms with van der Waals surface area (Å²) in [5, 5.41) is 6.06. The molecule has 196 valence electrons. The van der Waals surface area contributed by atoms with Crippen molar-refractivity contribution < 1.29 is 4.42 Å². The molecule has 1 aliphatic rings. The number of nitrogens with one attached hydrogen (secondary N) is 1. The Balaban J connectivity index is 1.40. The Morgan fingerprint density at radius 2 is 1.10 bits per heavy atom. The zero-order chi connectivity index (χ0) is 27.6. The lowest BCUT2D eigenvalue weighted by Crippen LogP contribution is -2.28. The summed E-state index contributed by atoms with van der Waals surface area (Å²) in [5.41, 5.74) is 13.5. The summed E-state index contributed by atoms with van der Waals surface area (Å²) < 4.78 is 6.38. The zero-order valence-electron chi connectivity index (χ0n) is 23.1. The van der Waals surface area contributed by atoms with Crippen LogP contribution in [0, 0.1) is 13.8 Å². The molecular weight excluding hydrogens is 498 g/mol. The summed E-state index contributed by atoms with van der Waals surface area (Å²) in [6.07, 6.45) is 0. The van der Waals surface area contributed by atoms with Crippen LogP contribution in [0.4, 0.5) is 11.4 Å². The molecule has 0 fully saturated rings. The van der Waals surface area contributed by atoms with Crippen LogP contribution in [0.5, 0.6) is 0 Å². The summed E-state index contributed by atoms with van der Waals surface area (Å²) in [4.78, 5) is 0. The number of fused-ring (bicyclic) bond motifs is 6. The largest absolute Gasteiger partial charge is 0.454 e. The molecule has 0 saturated heterocycles. The van der Waals surface area contributed by atoms with E-state index in [0.29, 0.717) is 0 Å². The topological polar surface area (TPSA) is 25.2 Å². The summed E-state index contributed by atoms with van der Waals surface area (Å²) in [6.45, 7) is 4.30. The summed E-state index contributed by atoms with van der Waals surface area (Å²) in [6, 6.07) is 48.3. The molecule has 41 heavy (non-hydrogen) atoms. The Hall–Kier alpha value is -5.08. The molecule has 2 heteroatoms. The molecule has 0 spiro atoms. The van der Waals surface area contributed by atoms with Crippen LogP contribution in [0.15, 0.2) is 138 Å². The first-order valence-electron chi connectivity index (χ1n) is 14.2. The molecule has 6 aromatic carbocycles. The third-order valence-electron chi connectivity index (χ3n) is 8.71. The second kappa shape index (κ2) is 8.97. The predicted molar refractivity (Wildman–Crippen MR) is 170 cm³/mol. The number of para-hydroxylation sites is 2. The van der Waals surface area contributed by atoms with Crippen molar-refractivity contribution in [1.29, 1.82) is 0 Å². The van der Waals surface area contributed by atoms with E-state index < -0.39 is 5.41 Å². The molecule has 1 heterocycles. The lowest BCUT2D eigenvalue weighted by Gasteiger charge is -2.34. The Bertz CT molecular complexity index is 2030. The van der Waals surface area contributed by atoms with Crippen LogP contribution in [-0.2, 0) is 5.41 Å². The fraction of sp³-hybridized carbons (Fsp3) is 0.0769. The maximum Gasteiger partial charge on any atom is 0.158 e. The molecule has 1 aromatic heterocycles. The van der Waals surface area contributed by atoms with Crippen molar-refractivity contribution in [1.82, 2.24) is 0 Å². The van der Waals surface area contributed by atoms with Gasteiger partial charge in [-0.3, -0.25) is 0 Å². The minimum absolute atomic E-state index is 0.434. The van der Waals surface area contributed by atoms with Crippen LogP contribution in [0.2, 0.25) is 0 Å². The van der Waals surface area contributed by atoms with Gasteiger partial charge in [0, 0.05) is 22.0 Å². The summed E-state index contributed by atoms with van der Waals surface area (Å²) >= 11 is 0. The van der Waals surface area contributed by atoms with E-state index >= 15 is 0 Å². The van der Waals surface area contributed by atoms with E-state index in [1.807, 2.05) is 12.1 Å². The van der Waals surface area contributed by atoms with Gasteiger partial charge in [0.15, 0.2) is 5.58 Å². The van der Waals surface area contributed by atoms with Crippen molar-refractivity contribution in [3.8, 4) is 11.1 Å². The zero-order valence-corrected chi connectivity index (χ0v) is 23.1. The van der Waals surface area contributed by atoms with E-state index in [2.05, 4.69) is 140 Å². The molecule has 8 rings (SSSR count). The number of anilines is 2. The molecule has 0 amide bonds. The lowest BCUT2D eigenvalue weighted by molar-refractivity contribution is 0.670. The van der Waals surface area contributed by atoms with E-state index in [9.17, 15) is 0 Å². The van der Waals surface area contributed by atoms with E-state index in [-0.39, 0.29) is 0 Å². The molecule has 7 aromatic rings. The fourth-order valence-electron chi connectivity index (χ4n) is 6.82. The van der Waals surface area contributed by atoms with Crippen LogP contribution >= 0.6 is 0 Å². The maximum atomic E-state index is 6.38. The van der Waals surface area contributed by atoms with Gasteiger partial charge in [-0.25, -0.2) is 0 Å². The van der Waals surface area contributed by atoms with Gasteiger partial charge < -0.3 is 9.73 Å². The van der Waals surface area contributed by atoms with Gasteiger partial charge in [0.2, 0.25) is 0 Å². The Morgan fingerprint density at radius 3 is 1.85 bits per heavy atom. The first kappa shape index (κ1) is 23.8. The highest BCUT2D eigenvalue weighted by atomic mass is 16.3. The smallest absolute Gasteiger partial charge is 0.158 e. The molecular formula is C39H29NO. The van der Waals surface area contributed by atoms with E-state index in [0.717, 1.165) is 33.3 Å². The van der Waals surface area contributed by atoms with Gasteiger partial charge in [-0.15, -0.1) is 0 Å². The maximum absolute atomic E-state index is 6.38. The van der Waals surface area contributed by atoms with Gasteiger partial charge in [0.25, 0.3) is 0 Å². The van der Waals surface area contributed by atoms with Crippen LogP contribution in [0.25, 0.3) is 33.1 Å². The molecule has 1 N–H and O–H groups in total. The van der Waals surface area contributed by atoms with Crippen molar-refractivity contribution in [2.75, 3.05) is 5.32 Å². The quantitative estimate of drug-likeness (QED) is 0.246. The van der Waals surface area contributed by atoms with E-state index in [1.165, 1.54) is 44.5 Å². The summed E-state index contributed by atoms with van der Waals surface area (Å²) in [7, 11) is 0. The molecule has 0 radical (unpaired) electrons. The average molecular weight is 528 g/mol. The molecule has 0 aliphatic heterocycles. The number of hydrogen-bond donors (Lipinski definition) is 1. The van der Waals surface area contributed by atoms with Gasteiger partial charge in [0.05, 0.1) is 11.1 Å². The number of furan rings is 1. The standard InChI is InChI=1S/C39H29NO/c1-25-17-21-27(22-18-25)39(28-23-19-26(2)20-24-28)32-12-5-3-10-31(32)37-33(39)13-8-14-34(37)40-35-15-7-11-30-29-9-4-6-16-36(29)41-38(30)35/h3-24,40H,1-2H3. The van der Waals surface area contributed by atoms with E-state index in [1.54, 1.807) is 0 Å². The highest BCUT2D eigenvalue weighted by Gasteiger charge is 2.46. The molecule has 0 atom stereocenters. The lowest BCUT2D eigenvalue weighted by atomic mass is 9.67. The Labute approximate surface area is 239 Å². The van der Waals surface area contributed by atoms with Gasteiger partial charge in [0.1, 0.15) is 5.58 Å². The van der Waals surface area contributed by atoms with Crippen LogP contribution in [-0.4, -0.2) is 0 Å². The highest BCUT2D eigenvalue weighted by Crippen LogP contribution is 2.58. The van der Waals surface area contributed by atoms with Crippen molar-refractivity contribution in [3.63, 3.8) is 0 Å². The van der Waals surface area contributed by atoms with Gasteiger partial charge in [-0.2, -0.15) is 0 Å². The van der Waals surface area contributed by atoms with Crippen molar-refractivity contribution in [2.24, 2.45) is 0 Å². The second-order valence-corrected chi connectivity index (χ2v) is 11.2. The monoisotopic (exact) mass is 527 g/mol. The third kappa shape index (κ3) is 3.44. The van der Waals surface area contributed by atoms with Crippen molar-refractivity contribution >= 4 is 33.3 Å². The fourth-order valence-corrected chi connectivity index (χ4v) is 6.82. The summed E-state index contributed by atoms with van der Waals surface area (Å²) in [5.74, 6) is 0. The molecule has 0 saturated carbocycles.